The molecule has 0 unspecified atom stereocenters. The van der Waals surface area contributed by atoms with Crippen LogP contribution in [0, 0.1) is 10.1 Å². The molecule has 0 aliphatic rings. The molecule has 0 fully saturated rings. The molecule has 2 heterocycles. The second-order valence-corrected chi connectivity index (χ2v) is 6.95. The zero-order valence-electron chi connectivity index (χ0n) is 15.0. The van der Waals surface area contributed by atoms with Crippen molar-refractivity contribution in [1.29, 1.82) is 0 Å². The van der Waals surface area contributed by atoms with Crippen molar-refractivity contribution >= 4 is 28.6 Å². The highest BCUT2D eigenvalue weighted by molar-refractivity contribution is 7.13. The molecule has 0 aliphatic carbocycles. The maximum absolute atomic E-state index is 12.4. The average molecular weight is 402 g/mol. The van der Waals surface area contributed by atoms with Crippen molar-refractivity contribution in [2.75, 3.05) is 5.32 Å². The van der Waals surface area contributed by atoms with E-state index in [-0.39, 0.29) is 11.6 Å². The predicted octanol–water partition coefficient (Wildman–Crippen LogP) is 5.03. The third-order valence-electron chi connectivity index (χ3n) is 4.14. The van der Waals surface area contributed by atoms with Gasteiger partial charge in [-0.3, -0.25) is 19.9 Å². The van der Waals surface area contributed by atoms with Gasteiger partial charge in [0.2, 0.25) is 0 Å². The fourth-order valence-electron chi connectivity index (χ4n) is 2.71. The van der Waals surface area contributed by atoms with Crippen LogP contribution in [0.4, 0.5) is 11.4 Å². The van der Waals surface area contributed by atoms with Gasteiger partial charge in [0, 0.05) is 40.5 Å². The fourth-order valence-corrected chi connectivity index (χ4v) is 3.51. The van der Waals surface area contributed by atoms with Crippen molar-refractivity contribution in [1.82, 2.24) is 9.97 Å². The van der Waals surface area contributed by atoms with Gasteiger partial charge in [0.1, 0.15) is 5.01 Å². The van der Waals surface area contributed by atoms with E-state index in [2.05, 4.69) is 15.3 Å². The summed E-state index contributed by atoms with van der Waals surface area (Å²) in [5, 5.41) is 16.3. The molecule has 4 rings (SSSR count). The number of nitrogens with one attached hydrogen (secondary N) is 1. The first-order valence-corrected chi connectivity index (χ1v) is 9.51. The summed E-state index contributed by atoms with van der Waals surface area (Å²) in [6.45, 7) is 0. The molecule has 142 valence electrons. The number of nitro groups is 1. The number of hydrogen-bond donors (Lipinski definition) is 1. The molecule has 0 saturated heterocycles. The maximum atomic E-state index is 12.4. The van der Waals surface area contributed by atoms with Crippen LogP contribution in [0.25, 0.3) is 22.0 Å². The molecule has 8 heteroatoms. The molecule has 7 nitrogen and oxygen atoms in total. The van der Waals surface area contributed by atoms with E-state index in [4.69, 9.17) is 0 Å². The number of aromatic nitrogens is 2. The fraction of sp³-hybridized carbons (Fsp3) is 0. The summed E-state index contributed by atoms with van der Waals surface area (Å²) in [6, 6.07) is 18.5. The Balaban J connectivity index is 1.52. The lowest BCUT2D eigenvalue weighted by Gasteiger charge is -2.07. The minimum absolute atomic E-state index is 0.0595. The van der Waals surface area contributed by atoms with E-state index in [0.29, 0.717) is 11.3 Å². The van der Waals surface area contributed by atoms with Gasteiger partial charge in [-0.15, -0.1) is 11.3 Å². The summed E-state index contributed by atoms with van der Waals surface area (Å²) in [4.78, 5) is 31.6. The van der Waals surface area contributed by atoms with Crippen molar-refractivity contribution in [2.45, 2.75) is 0 Å². The third-order valence-corrected chi connectivity index (χ3v) is 5.01. The summed E-state index contributed by atoms with van der Waals surface area (Å²) in [5.41, 5.74) is 3.36. The number of anilines is 1. The second-order valence-electron chi connectivity index (χ2n) is 6.09. The van der Waals surface area contributed by atoms with Gasteiger partial charge in [-0.25, -0.2) is 4.98 Å². The van der Waals surface area contributed by atoms with Gasteiger partial charge in [0.05, 0.1) is 16.3 Å². The Kier molecular flexibility index (Phi) is 5.08. The number of nitrogens with zero attached hydrogens (tertiary/aromatic N) is 3. The average Bonchev–Trinajstić information content (AvgIpc) is 3.25. The zero-order valence-corrected chi connectivity index (χ0v) is 15.8. The Morgan fingerprint density at radius 1 is 1.00 bits per heavy atom. The molecule has 2 aromatic heterocycles. The molecular formula is C21H14N4O3S. The summed E-state index contributed by atoms with van der Waals surface area (Å²) < 4.78 is 0. The molecule has 1 amide bonds. The van der Waals surface area contributed by atoms with Crippen LogP contribution in [0.1, 0.15) is 10.4 Å². The Bertz CT molecular complexity index is 1170. The minimum atomic E-state index is -0.502. The van der Waals surface area contributed by atoms with Crippen LogP contribution in [0.15, 0.2) is 78.3 Å². The van der Waals surface area contributed by atoms with Crippen molar-refractivity contribution in [3.05, 3.63) is 94.0 Å². The molecule has 0 bridgehead atoms. The Morgan fingerprint density at radius 2 is 1.83 bits per heavy atom. The smallest absolute Gasteiger partial charge is 0.269 e. The molecule has 0 spiro atoms. The van der Waals surface area contributed by atoms with E-state index in [0.717, 1.165) is 22.0 Å². The molecule has 0 aliphatic heterocycles. The SMILES string of the molecule is O=C(Nc1cccc(-c2csc(-c3ccccn3)n2)c1)c1ccc([N+](=O)[O-])cc1. The zero-order chi connectivity index (χ0) is 20.2. The number of non-ortho nitro benzene ring substituents is 1. The van der Waals surface area contributed by atoms with E-state index in [1.807, 2.05) is 41.8 Å². The molecule has 2 aromatic carbocycles. The van der Waals surface area contributed by atoms with Gasteiger partial charge >= 0.3 is 0 Å². The van der Waals surface area contributed by atoms with Crippen LogP contribution >= 0.6 is 11.3 Å². The molecule has 4 aromatic rings. The van der Waals surface area contributed by atoms with Gasteiger partial charge in [0.15, 0.2) is 0 Å². The molecule has 0 saturated carbocycles. The Labute approximate surface area is 169 Å². The highest BCUT2D eigenvalue weighted by Crippen LogP contribution is 2.29. The summed E-state index contributed by atoms with van der Waals surface area (Å²) >= 11 is 1.50. The van der Waals surface area contributed by atoms with Crippen LogP contribution in [-0.4, -0.2) is 20.8 Å². The number of amides is 1. The number of carbonyl (C=O) groups is 1. The predicted molar refractivity (Wildman–Crippen MR) is 112 cm³/mol. The Hall–Kier alpha value is -3.91. The first kappa shape index (κ1) is 18.5. The van der Waals surface area contributed by atoms with E-state index >= 15 is 0 Å². The van der Waals surface area contributed by atoms with Crippen LogP contribution in [-0.2, 0) is 0 Å². The molecule has 0 atom stereocenters. The first-order valence-electron chi connectivity index (χ1n) is 8.63. The number of thiazole rings is 1. The van der Waals surface area contributed by atoms with Gasteiger partial charge in [0.25, 0.3) is 11.6 Å². The second kappa shape index (κ2) is 7.99. The first-order chi connectivity index (χ1) is 14.1. The van der Waals surface area contributed by atoms with Gasteiger partial charge in [-0.2, -0.15) is 0 Å². The minimum Gasteiger partial charge on any atom is -0.322 e. The highest BCUT2D eigenvalue weighted by Gasteiger charge is 2.11. The van der Waals surface area contributed by atoms with Crippen molar-refractivity contribution < 1.29 is 9.72 Å². The standard InChI is InChI=1S/C21H14N4O3S/c26-20(14-7-9-17(10-8-14)25(27)28)23-16-5-3-4-15(12-16)19-13-29-21(24-19)18-6-1-2-11-22-18/h1-13H,(H,23,26). The normalized spacial score (nSPS) is 10.5. The number of rotatable bonds is 5. The van der Waals surface area contributed by atoms with E-state index < -0.39 is 4.92 Å². The largest absolute Gasteiger partial charge is 0.322 e. The van der Waals surface area contributed by atoms with Crippen LogP contribution < -0.4 is 5.32 Å². The van der Waals surface area contributed by atoms with Crippen LogP contribution in [0.2, 0.25) is 0 Å². The van der Waals surface area contributed by atoms with Gasteiger partial charge < -0.3 is 5.32 Å². The monoisotopic (exact) mass is 402 g/mol. The van der Waals surface area contributed by atoms with Crippen molar-refractivity contribution in [2.24, 2.45) is 0 Å². The van der Waals surface area contributed by atoms with Crippen molar-refractivity contribution in [3.8, 4) is 22.0 Å². The maximum Gasteiger partial charge on any atom is 0.269 e. The number of pyridine rings is 1. The van der Waals surface area contributed by atoms with E-state index in [1.54, 1.807) is 12.3 Å². The van der Waals surface area contributed by atoms with E-state index in [9.17, 15) is 14.9 Å². The van der Waals surface area contributed by atoms with Crippen molar-refractivity contribution in [3.63, 3.8) is 0 Å². The molecule has 1 N–H and O–H groups in total. The number of nitro benzene ring substituents is 1. The summed E-state index contributed by atoms with van der Waals surface area (Å²) in [6.07, 6.45) is 1.73. The van der Waals surface area contributed by atoms with Gasteiger partial charge in [-0.1, -0.05) is 18.2 Å². The van der Waals surface area contributed by atoms with Gasteiger partial charge in [-0.05, 0) is 36.4 Å². The van der Waals surface area contributed by atoms with E-state index in [1.165, 1.54) is 35.6 Å². The third kappa shape index (κ3) is 4.17. The van der Waals surface area contributed by atoms with Crippen LogP contribution in [0.5, 0.6) is 0 Å². The highest BCUT2D eigenvalue weighted by atomic mass is 32.1. The number of benzene rings is 2. The van der Waals surface area contributed by atoms with Crippen LogP contribution in [0.3, 0.4) is 0 Å². The molecule has 29 heavy (non-hydrogen) atoms. The lowest BCUT2D eigenvalue weighted by atomic mass is 10.1. The summed E-state index contributed by atoms with van der Waals surface area (Å²) in [5.74, 6) is -0.343. The summed E-state index contributed by atoms with van der Waals surface area (Å²) in [7, 11) is 0. The lowest BCUT2D eigenvalue weighted by molar-refractivity contribution is -0.384. The number of hydrogen-bond acceptors (Lipinski definition) is 6. The quantitative estimate of drug-likeness (QED) is 0.373. The topological polar surface area (TPSA) is 98.0 Å². The Morgan fingerprint density at radius 3 is 2.55 bits per heavy atom. The number of carbonyl (C=O) groups excluding carboxylic acids is 1. The molecular weight excluding hydrogens is 388 g/mol. The molecule has 0 radical (unpaired) electrons. The lowest BCUT2D eigenvalue weighted by Crippen LogP contribution is -2.11.